The van der Waals surface area contributed by atoms with Crippen LogP contribution in [-0.2, 0) is 16.6 Å². The van der Waals surface area contributed by atoms with Crippen molar-refractivity contribution < 1.29 is 12.8 Å². The van der Waals surface area contributed by atoms with Gasteiger partial charge in [-0.15, -0.1) is 0 Å². The van der Waals surface area contributed by atoms with Crippen LogP contribution < -0.4 is 10.0 Å². The van der Waals surface area contributed by atoms with Gasteiger partial charge in [0.2, 0.25) is 5.09 Å². The van der Waals surface area contributed by atoms with E-state index in [2.05, 4.69) is 10.0 Å². The van der Waals surface area contributed by atoms with Crippen LogP contribution in [0.25, 0.3) is 0 Å². The number of furan rings is 1. The van der Waals surface area contributed by atoms with E-state index in [0.717, 1.165) is 17.7 Å². The molecular weight excluding hydrogens is 288 g/mol. The van der Waals surface area contributed by atoms with Gasteiger partial charge in [-0.3, -0.25) is 4.72 Å². The summed E-state index contributed by atoms with van der Waals surface area (Å²) in [6, 6.07) is 8.69. The van der Waals surface area contributed by atoms with E-state index in [0.29, 0.717) is 18.0 Å². The zero-order chi connectivity index (χ0) is 15.5. The summed E-state index contributed by atoms with van der Waals surface area (Å²) in [6.45, 7) is 7.12. The van der Waals surface area contributed by atoms with E-state index in [1.54, 1.807) is 18.2 Å². The van der Waals surface area contributed by atoms with Crippen LogP contribution in [0.4, 0.5) is 5.69 Å². The third-order valence-electron chi connectivity index (χ3n) is 2.92. The molecular formula is C15H20N2O3S. The first-order valence-electron chi connectivity index (χ1n) is 6.81. The van der Waals surface area contributed by atoms with Crippen molar-refractivity contribution in [3.8, 4) is 0 Å². The van der Waals surface area contributed by atoms with Gasteiger partial charge in [-0.1, -0.05) is 13.0 Å². The van der Waals surface area contributed by atoms with Gasteiger partial charge in [-0.2, -0.15) is 8.42 Å². The second-order valence-electron chi connectivity index (χ2n) is 4.98. The van der Waals surface area contributed by atoms with Gasteiger partial charge in [0, 0.05) is 5.69 Å². The van der Waals surface area contributed by atoms with Crippen LogP contribution in [0.5, 0.6) is 0 Å². The van der Waals surface area contributed by atoms with Gasteiger partial charge >= 0.3 is 0 Å². The molecule has 0 unspecified atom stereocenters. The van der Waals surface area contributed by atoms with Crippen molar-refractivity contribution in [1.82, 2.24) is 5.32 Å². The Morgan fingerprint density at radius 2 is 1.76 bits per heavy atom. The first kappa shape index (κ1) is 15.6. The van der Waals surface area contributed by atoms with E-state index >= 15 is 0 Å². The molecule has 1 heterocycles. The molecule has 1 aromatic carbocycles. The lowest BCUT2D eigenvalue weighted by Gasteiger charge is -2.08. The Balaban J connectivity index is 2.19. The van der Waals surface area contributed by atoms with Crippen molar-refractivity contribution >= 4 is 15.7 Å². The second kappa shape index (κ2) is 6.32. The van der Waals surface area contributed by atoms with Gasteiger partial charge in [0.05, 0.1) is 6.54 Å². The van der Waals surface area contributed by atoms with E-state index in [4.69, 9.17) is 4.42 Å². The van der Waals surface area contributed by atoms with Gasteiger partial charge in [-0.05, 0) is 55.8 Å². The quantitative estimate of drug-likeness (QED) is 0.861. The Morgan fingerprint density at radius 1 is 1.10 bits per heavy atom. The summed E-state index contributed by atoms with van der Waals surface area (Å²) in [5, 5.41) is 3.01. The molecule has 2 N–H and O–H groups in total. The Hall–Kier alpha value is -1.79. The van der Waals surface area contributed by atoms with Crippen molar-refractivity contribution in [3.63, 3.8) is 0 Å². The zero-order valence-electron chi connectivity index (χ0n) is 12.4. The molecule has 0 aliphatic heterocycles. The fourth-order valence-corrected chi connectivity index (χ4v) is 3.08. The fourth-order valence-electron chi connectivity index (χ4n) is 2.08. The number of sulfonamides is 1. The van der Waals surface area contributed by atoms with E-state index in [9.17, 15) is 8.42 Å². The molecule has 0 saturated heterocycles. The number of hydrogen-bond acceptors (Lipinski definition) is 4. The van der Waals surface area contributed by atoms with Crippen LogP contribution in [0.2, 0.25) is 0 Å². The Labute approximate surface area is 125 Å². The minimum atomic E-state index is -3.70. The third kappa shape index (κ3) is 4.09. The summed E-state index contributed by atoms with van der Waals surface area (Å²) in [5.74, 6) is 0.595. The average molecular weight is 308 g/mol. The highest BCUT2D eigenvalue weighted by molar-refractivity contribution is 7.92. The molecule has 0 aliphatic carbocycles. The van der Waals surface area contributed by atoms with Gasteiger partial charge in [0.1, 0.15) is 5.76 Å². The monoisotopic (exact) mass is 308 g/mol. The molecule has 0 radical (unpaired) electrons. The van der Waals surface area contributed by atoms with Crippen molar-refractivity contribution in [3.05, 3.63) is 47.2 Å². The average Bonchev–Trinajstić information content (AvgIpc) is 2.84. The number of nitrogens with one attached hydrogen (secondary N) is 2. The molecule has 0 spiro atoms. The third-order valence-corrected chi connectivity index (χ3v) is 4.18. The number of hydrogen-bond donors (Lipinski definition) is 2. The van der Waals surface area contributed by atoms with Crippen molar-refractivity contribution in [2.24, 2.45) is 0 Å². The Morgan fingerprint density at radius 3 is 2.38 bits per heavy atom. The smallest absolute Gasteiger partial charge is 0.295 e. The molecule has 0 bridgehead atoms. The van der Waals surface area contributed by atoms with E-state index in [1.807, 2.05) is 26.8 Å². The minimum Gasteiger partial charge on any atom is -0.446 e. The molecule has 1 aromatic heterocycles. The topological polar surface area (TPSA) is 71.3 Å². The summed E-state index contributed by atoms with van der Waals surface area (Å²) in [5.41, 5.74) is 2.54. The number of anilines is 1. The molecule has 0 fully saturated rings. The van der Waals surface area contributed by atoms with E-state index in [1.165, 1.54) is 6.07 Å². The highest BCUT2D eigenvalue weighted by Gasteiger charge is 2.19. The molecule has 2 rings (SSSR count). The van der Waals surface area contributed by atoms with Gasteiger partial charge in [0.25, 0.3) is 10.0 Å². The van der Waals surface area contributed by atoms with Crippen molar-refractivity contribution in [1.29, 1.82) is 0 Å². The lowest BCUT2D eigenvalue weighted by molar-refractivity contribution is 0.405. The Kier molecular flexibility index (Phi) is 4.69. The van der Waals surface area contributed by atoms with Gasteiger partial charge in [0.15, 0.2) is 0 Å². The fraction of sp³-hybridized carbons (Fsp3) is 0.333. The lowest BCUT2D eigenvalue weighted by Crippen LogP contribution is -2.13. The molecule has 114 valence electrons. The SMILES string of the molecule is CCNCc1ccc(S(=O)(=O)Nc2cc(C)cc(C)c2)o1. The maximum Gasteiger partial charge on any atom is 0.295 e. The number of aryl methyl sites for hydroxylation is 2. The molecule has 0 aliphatic rings. The van der Waals surface area contributed by atoms with Gasteiger partial charge < -0.3 is 9.73 Å². The maximum absolute atomic E-state index is 12.3. The molecule has 6 heteroatoms. The summed E-state index contributed by atoms with van der Waals surface area (Å²) in [4.78, 5) is 0. The second-order valence-corrected chi connectivity index (χ2v) is 6.60. The van der Waals surface area contributed by atoms with Crippen LogP contribution in [0.3, 0.4) is 0 Å². The number of benzene rings is 1. The van der Waals surface area contributed by atoms with Crippen molar-refractivity contribution in [2.45, 2.75) is 32.4 Å². The maximum atomic E-state index is 12.3. The first-order chi connectivity index (χ1) is 9.90. The molecule has 0 atom stereocenters. The first-order valence-corrected chi connectivity index (χ1v) is 8.29. The van der Waals surface area contributed by atoms with E-state index in [-0.39, 0.29) is 5.09 Å². The molecule has 5 nitrogen and oxygen atoms in total. The van der Waals surface area contributed by atoms with Gasteiger partial charge in [-0.25, -0.2) is 0 Å². The minimum absolute atomic E-state index is 0.0745. The van der Waals surface area contributed by atoms with Crippen LogP contribution >= 0.6 is 0 Å². The molecule has 2 aromatic rings. The van der Waals surface area contributed by atoms with Crippen LogP contribution in [-0.4, -0.2) is 15.0 Å². The molecule has 0 amide bonds. The lowest BCUT2D eigenvalue weighted by atomic mass is 10.1. The number of rotatable bonds is 6. The zero-order valence-corrected chi connectivity index (χ0v) is 13.3. The predicted molar refractivity (Wildman–Crippen MR) is 82.8 cm³/mol. The standard InChI is InChI=1S/C15H20N2O3S/c1-4-16-10-14-5-6-15(20-14)21(18,19)17-13-8-11(2)7-12(3)9-13/h5-9,16-17H,4,10H2,1-3H3. The highest BCUT2D eigenvalue weighted by atomic mass is 32.2. The predicted octanol–water partition coefficient (Wildman–Crippen LogP) is 2.81. The van der Waals surface area contributed by atoms with Crippen LogP contribution in [0.1, 0.15) is 23.8 Å². The van der Waals surface area contributed by atoms with E-state index < -0.39 is 10.0 Å². The summed E-state index contributed by atoms with van der Waals surface area (Å²) in [7, 11) is -3.70. The van der Waals surface area contributed by atoms with Crippen LogP contribution in [0.15, 0.2) is 39.8 Å². The molecule has 0 saturated carbocycles. The highest BCUT2D eigenvalue weighted by Crippen LogP contribution is 2.20. The summed E-state index contributed by atoms with van der Waals surface area (Å²) < 4.78 is 32.5. The Bertz CT molecular complexity index is 700. The summed E-state index contributed by atoms with van der Waals surface area (Å²) >= 11 is 0. The van der Waals surface area contributed by atoms with Crippen LogP contribution in [0, 0.1) is 13.8 Å². The molecule has 21 heavy (non-hydrogen) atoms. The normalized spacial score (nSPS) is 11.6. The summed E-state index contributed by atoms with van der Waals surface area (Å²) in [6.07, 6.45) is 0. The largest absolute Gasteiger partial charge is 0.446 e. The van der Waals surface area contributed by atoms with Crippen molar-refractivity contribution in [2.75, 3.05) is 11.3 Å².